The molecule has 186 valence electrons. The van der Waals surface area contributed by atoms with Gasteiger partial charge >= 0.3 is 0 Å². The van der Waals surface area contributed by atoms with Crippen molar-refractivity contribution in [1.29, 1.82) is 0 Å². The number of morpholine rings is 1. The predicted molar refractivity (Wildman–Crippen MR) is 134 cm³/mol. The first-order valence-electron chi connectivity index (χ1n) is 12.1. The molecule has 9 nitrogen and oxygen atoms in total. The molecule has 0 atom stereocenters. The average molecular weight is 489 g/mol. The maximum Gasteiger partial charge on any atom is 0.232 e. The number of rotatable bonds is 9. The molecule has 0 saturated carbocycles. The smallest absolute Gasteiger partial charge is 0.232 e. The lowest BCUT2D eigenvalue weighted by molar-refractivity contribution is -0.119. The van der Waals surface area contributed by atoms with Crippen LogP contribution in [0.4, 0.5) is 5.95 Å². The van der Waals surface area contributed by atoms with Crippen LogP contribution in [-0.4, -0.2) is 89.9 Å². The molecule has 0 unspecified atom stereocenters. The van der Waals surface area contributed by atoms with E-state index in [2.05, 4.69) is 39.2 Å². The lowest BCUT2D eigenvalue weighted by Crippen LogP contribution is -2.55. The van der Waals surface area contributed by atoms with Crippen LogP contribution in [0.2, 0.25) is 0 Å². The van der Waals surface area contributed by atoms with Crippen LogP contribution in [-0.2, 0) is 9.53 Å². The zero-order valence-corrected chi connectivity index (χ0v) is 21.3. The number of thioether (sulfide) groups is 1. The molecule has 34 heavy (non-hydrogen) atoms. The normalized spacial score (nSPS) is 17.6. The number of hydrogen-bond acceptors (Lipinski definition) is 8. The van der Waals surface area contributed by atoms with E-state index in [0.717, 1.165) is 69.6 Å². The van der Waals surface area contributed by atoms with Gasteiger partial charge in [0.25, 0.3) is 0 Å². The quantitative estimate of drug-likeness (QED) is 0.539. The first-order valence-corrected chi connectivity index (χ1v) is 13.0. The van der Waals surface area contributed by atoms with Crippen molar-refractivity contribution in [3.63, 3.8) is 0 Å². The molecule has 3 heterocycles. The Hall–Kier alpha value is -2.30. The molecule has 0 aliphatic carbocycles. The van der Waals surface area contributed by atoms with Gasteiger partial charge in [0.1, 0.15) is 5.75 Å². The first-order chi connectivity index (χ1) is 16.5. The van der Waals surface area contributed by atoms with Gasteiger partial charge in [-0.05, 0) is 45.2 Å². The number of amides is 1. The molecule has 1 aromatic carbocycles. The van der Waals surface area contributed by atoms with E-state index in [1.165, 1.54) is 18.2 Å². The van der Waals surface area contributed by atoms with E-state index in [0.29, 0.717) is 11.7 Å². The Morgan fingerprint density at radius 2 is 1.85 bits per heavy atom. The molecular formula is C24H36N6O3S. The third-order valence-electron chi connectivity index (χ3n) is 6.50. The minimum absolute atomic E-state index is 0.0135. The monoisotopic (exact) mass is 488 g/mol. The highest BCUT2D eigenvalue weighted by Crippen LogP contribution is 2.32. The molecule has 0 bridgehead atoms. The number of aromatic nitrogens is 3. The summed E-state index contributed by atoms with van der Waals surface area (Å²) in [6.07, 6.45) is 3.52. The zero-order chi connectivity index (χ0) is 24.0. The summed E-state index contributed by atoms with van der Waals surface area (Å²) in [4.78, 5) is 17.4. The summed E-state index contributed by atoms with van der Waals surface area (Å²) in [6, 6.07) is 7.87. The summed E-state index contributed by atoms with van der Waals surface area (Å²) in [5, 5.41) is 12.8. The van der Waals surface area contributed by atoms with Crippen LogP contribution < -0.4 is 15.0 Å². The number of carbonyl (C=O) groups is 1. The molecule has 2 fully saturated rings. The van der Waals surface area contributed by atoms with Crippen molar-refractivity contribution in [3.8, 4) is 11.4 Å². The number of hydrogen-bond donors (Lipinski definition) is 1. The number of nitrogens with one attached hydrogen (secondary N) is 1. The van der Waals surface area contributed by atoms with E-state index in [-0.39, 0.29) is 17.2 Å². The molecule has 2 aliphatic rings. The second-order valence-electron chi connectivity index (χ2n) is 9.31. The topological polar surface area (TPSA) is 84.8 Å². The Balaban J connectivity index is 1.46. The lowest BCUT2D eigenvalue weighted by Gasteiger charge is -2.40. The molecule has 2 saturated heterocycles. The lowest BCUT2D eigenvalue weighted by atomic mass is 10.0. The van der Waals surface area contributed by atoms with Gasteiger partial charge in [0.05, 0.1) is 31.8 Å². The number of methoxy groups -OCH3 is 1. The Labute approximate surface area is 206 Å². The van der Waals surface area contributed by atoms with Crippen LogP contribution in [0.5, 0.6) is 5.75 Å². The molecule has 0 radical (unpaired) electrons. The van der Waals surface area contributed by atoms with Crippen molar-refractivity contribution in [3.05, 3.63) is 24.3 Å². The molecule has 0 spiro atoms. The van der Waals surface area contributed by atoms with Gasteiger partial charge in [-0.2, -0.15) is 0 Å². The largest absolute Gasteiger partial charge is 0.495 e. The number of piperidine rings is 1. The van der Waals surface area contributed by atoms with Crippen molar-refractivity contribution in [2.75, 3.05) is 63.7 Å². The number of para-hydroxylation sites is 2. The molecule has 1 amide bonds. The summed E-state index contributed by atoms with van der Waals surface area (Å²) in [5.41, 5.74) is 0.759. The molecule has 2 aromatic rings. The summed E-state index contributed by atoms with van der Waals surface area (Å²) in [7, 11) is 1.67. The number of anilines is 1. The van der Waals surface area contributed by atoms with Gasteiger partial charge in [-0.15, -0.1) is 10.2 Å². The minimum atomic E-state index is -0.122. The maximum absolute atomic E-state index is 12.8. The van der Waals surface area contributed by atoms with Crippen LogP contribution in [0, 0.1) is 0 Å². The Morgan fingerprint density at radius 3 is 2.59 bits per heavy atom. The Kier molecular flexibility index (Phi) is 8.33. The van der Waals surface area contributed by atoms with Crippen LogP contribution in [0.15, 0.2) is 29.4 Å². The average Bonchev–Trinajstić information content (AvgIpc) is 3.31. The Morgan fingerprint density at radius 1 is 1.12 bits per heavy atom. The van der Waals surface area contributed by atoms with Gasteiger partial charge in [-0.3, -0.25) is 14.3 Å². The number of carbonyl (C=O) groups excluding carboxylic acids is 1. The molecule has 1 N–H and O–H groups in total. The van der Waals surface area contributed by atoms with Crippen molar-refractivity contribution in [2.45, 2.75) is 43.8 Å². The summed E-state index contributed by atoms with van der Waals surface area (Å²) in [6.45, 7) is 10.1. The highest BCUT2D eigenvalue weighted by atomic mass is 32.2. The Bertz CT molecular complexity index is 954. The standard InChI is InChI=1S/C24H36N6O3S/c1-24(2,29-13-15-33-16-14-29)18-25-21(31)17-34-23-27-26-22(28-11-7-4-8-12-28)30(23)19-9-5-6-10-20(19)32-3/h5-6,9-10H,4,7-8,11-18H2,1-3H3,(H,25,31). The second kappa shape index (κ2) is 11.4. The zero-order valence-electron chi connectivity index (χ0n) is 20.5. The van der Waals surface area contributed by atoms with Crippen LogP contribution >= 0.6 is 11.8 Å². The SMILES string of the molecule is COc1ccccc1-n1c(SCC(=O)NCC(C)(C)N2CCOCC2)nnc1N1CCCCC1. The van der Waals surface area contributed by atoms with Crippen LogP contribution in [0.3, 0.4) is 0 Å². The predicted octanol–water partition coefficient (Wildman–Crippen LogP) is 2.59. The van der Waals surface area contributed by atoms with Gasteiger partial charge in [0.15, 0.2) is 5.16 Å². The van der Waals surface area contributed by atoms with Gasteiger partial charge in [0.2, 0.25) is 11.9 Å². The van der Waals surface area contributed by atoms with Crippen molar-refractivity contribution in [2.24, 2.45) is 0 Å². The molecule has 10 heteroatoms. The van der Waals surface area contributed by atoms with Crippen molar-refractivity contribution < 1.29 is 14.3 Å². The van der Waals surface area contributed by atoms with Gasteiger partial charge in [0, 0.05) is 38.3 Å². The van der Waals surface area contributed by atoms with E-state index in [1.54, 1.807) is 7.11 Å². The second-order valence-corrected chi connectivity index (χ2v) is 10.3. The summed E-state index contributed by atoms with van der Waals surface area (Å²) >= 11 is 1.40. The van der Waals surface area contributed by atoms with Crippen LogP contribution in [0.1, 0.15) is 33.1 Å². The summed E-state index contributed by atoms with van der Waals surface area (Å²) < 4.78 is 13.1. The van der Waals surface area contributed by atoms with E-state index < -0.39 is 0 Å². The first kappa shape index (κ1) is 24.8. The van der Waals surface area contributed by atoms with Crippen molar-refractivity contribution >= 4 is 23.6 Å². The van der Waals surface area contributed by atoms with E-state index >= 15 is 0 Å². The van der Waals surface area contributed by atoms with Crippen LogP contribution in [0.25, 0.3) is 5.69 Å². The third-order valence-corrected chi connectivity index (χ3v) is 7.43. The minimum Gasteiger partial charge on any atom is -0.495 e. The summed E-state index contributed by atoms with van der Waals surface area (Å²) in [5.74, 6) is 1.81. The molecule has 1 aromatic heterocycles. The van der Waals surface area contributed by atoms with Gasteiger partial charge in [-0.1, -0.05) is 23.9 Å². The molecule has 4 rings (SSSR count). The number of ether oxygens (including phenoxy) is 2. The van der Waals surface area contributed by atoms with E-state index in [1.807, 2.05) is 28.8 Å². The maximum atomic E-state index is 12.8. The highest BCUT2D eigenvalue weighted by molar-refractivity contribution is 7.99. The van der Waals surface area contributed by atoms with Crippen molar-refractivity contribution in [1.82, 2.24) is 25.0 Å². The van der Waals surface area contributed by atoms with E-state index in [9.17, 15) is 4.79 Å². The number of benzene rings is 1. The number of nitrogens with zero attached hydrogens (tertiary/aromatic N) is 5. The van der Waals surface area contributed by atoms with Gasteiger partial charge in [-0.25, -0.2) is 0 Å². The highest BCUT2D eigenvalue weighted by Gasteiger charge is 2.29. The third kappa shape index (κ3) is 5.84. The molecular weight excluding hydrogens is 452 g/mol. The fourth-order valence-corrected chi connectivity index (χ4v) is 5.23. The molecule has 2 aliphatic heterocycles. The van der Waals surface area contributed by atoms with E-state index in [4.69, 9.17) is 9.47 Å². The fourth-order valence-electron chi connectivity index (χ4n) is 4.46. The van der Waals surface area contributed by atoms with Gasteiger partial charge < -0.3 is 19.7 Å². The fraction of sp³-hybridized carbons (Fsp3) is 0.625.